The van der Waals surface area contributed by atoms with Gasteiger partial charge in [-0.2, -0.15) is 0 Å². The number of allylic oxidation sites excluding steroid dienone is 1. The minimum absolute atomic E-state index is 0.116. The Morgan fingerprint density at radius 2 is 1.73 bits per heavy atom. The summed E-state index contributed by atoms with van der Waals surface area (Å²) in [4.78, 5) is 29.4. The van der Waals surface area contributed by atoms with Gasteiger partial charge >= 0.3 is 6.03 Å². The van der Waals surface area contributed by atoms with Gasteiger partial charge in [-0.05, 0) is 49.3 Å². The second-order valence-electron chi connectivity index (χ2n) is 10.6. The quantitative estimate of drug-likeness (QED) is 0.575. The number of urea groups is 1. The van der Waals surface area contributed by atoms with E-state index < -0.39 is 6.04 Å². The topological polar surface area (TPSA) is 61.4 Å². The molecule has 5 nitrogen and oxygen atoms in total. The monoisotopic (exact) mass is 443 g/mol. The molecule has 5 heteroatoms. The van der Waals surface area contributed by atoms with Crippen LogP contribution >= 0.6 is 0 Å². The number of anilines is 2. The highest BCUT2D eigenvalue weighted by Gasteiger charge is 2.43. The number of amides is 2. The fourth-order valence-corrected chi connectivity index (χ4v) is 5.59. The minimum atomic E-state index is -0.471. The van der Waals surface area contributed by atoms with Gasteiger partial charge in [-0.25, -0.2) is 4.79 Å². The maximum atomic E-state index is 13.9. The summed E-state index contributed by atoms with van der Waals surface area (Å²) < 4.78 is 0. The number of rotatable bonds is 2. The molecule has 0 bridgehead atoms. The van der Waals surface area contributed by atoms with E-state index in [0.29, 0.717) is 6.42 Å². The molecule has 2 aliphatic carbocycles. The number of nitrogens with zero attached hydrogens (tertiary/aromatic N) is 1. The van der Waals surface area contributed by atoms with Gasteiger partial charge in [0.15, 0.2) is 5.78 Å². The summed E-state index contributed by atoms with van der Waals surface area (Å²) in [5, 5.41) is 6.85. The number of aryl methyl sites for hydroxylation is 1. The van der Waals surface area contributed by atoms with Crippen LogP contribution in [-0.4, -0.2) is 17.9 Å². The fraction of sp³-hybridized carbons (Fsp3) is 0.429. The van der Waals surface area contributed by atoms with Crippen LogP contribution < -0.4 is 15.5 Å². The van der Waals surface area contributed by atoms with Gasteiger partial charge in [0.1, 0.15) is 0 Å². The van der Waals surface area contributed by atoms with Gasteiger partial charge < -0.3 is 10.6 Å². The van der Waals surface area contributed by atoms with Gasteiger partial charge in [-0.1, -0.05) is 68.7 Å². The molecule has 2 amide bonds. The fourth-order valence-electron chi connectivity index (χ4n) is 5.59. The molecule has 0 aromatic heterocycles. The van der Waals surface area contributed by atoms with E-state index in [9.17, 15) is 9.59 Å². The Bertz CT molecular complexity index is 1110. The number of benzene rings is 2. The van der Waals surface area contributed by atoms with Crippen LogP contribution in [0.5, 0.6) is 0 Å². The zero-order valence-corrected chi connectivity index (χ0v) is 19.8. The van der Waals surface area contributed by atoms with Crippen molar-refractivity contribution >= 4 is 23.2 Å². The van der Waals surface area contributed by atoms with E-state index in [1.807, 2.05) is 29.2 Å². The molecule has 2 aromatic carbocycles. The number of para-hydroxylation sites is 2. The predicted octanol–water partition coefficient (Wildman–Crippen LogP) is 6.26. The predicted molar refractivity (Wildman–Crippen MR) is 132 cm³/mol. The van der Waals surface area contributed by atoms with Crippen LogP contribution in [0.15, 0.2) is 59.8 Å². The van der Waals surface area contributed by atoms with E-state index in [0.717, 1.165) is 65.9 Å². The van der Waals surface area contributed by atoms with Crippen molar-refractivity contribution in [3.8, 4) is 0 Å². The van der Waals surface area contributed by atoms with Crippen LogP contribution in [-0.2, 0) is 4.79 Å². The first-order chi connectivity index (χ1) is 15.8. The van der Waals surface area contributed by atoms with Crippen molar-refractivity contribution in [2.45, 2.75) is 71.4 Å². The molecule has 1 atom stereocenters. The summed E-state index contributed by atoms with van der Waals surface area (Å²) in [6.45, 7) is 6.33. The molecule has 2 N–H and O–H groups in total. The first kappa shape index (κ1) is 21.7. The SMILES string of the molecule is Cc1ccc(C2C3=C(CC(C)(C)CC3=O)Nc3ccccc3N2C(=O)NC2CCCC2)cc1. The number of carbonyl (C=O) groups excluding carboxylic acids is 2. The van der Waals surface area contributed by atoms with E-state index in [2.05, 4.69) is 55.7 Å². The van der Waals surface area contributed by atoms with Crippen LogP contribution in [0.1, 0.15) is 69.5 Å². The molecule has 172 valence electrons. The summed E-state index contributed by atoms with van der Waals surface area (Å²) in [5.41, 5.74) is 5.31. The average molecular weight is 444 g/mol. The van der Waals surface area contributed by atoms with E-state index in [1.165, 1.54) is 0 Å². The maximum absolute atomic E-state index is 13.9. The summed E-state index contributed by atoms with van der Waals surface area (Å²) >= 11 is 0. The molecule has 0 saturated heterocycles. The van der Waals surface area contributed by atoms with Crippen molar-refractivity contribution in [3.63, 3.8) is 0 Å². The zero-order chi connectivity index (χ0) is 23.2. The summed E-state index contributed by atoms with van der Waals surface area (Å²) in [6.07, 6.45) is 5.55. The lowest BCUT2D eigenvalue weighted by molar-refractivity contribution is -0.118. The number of hydrogen-bond donors (Lipinski definition) is 2. The van der Waals surface area contributed by atoms with Gasteiger partial charge in [0.2, 0.25) is 0 Å². The lowest BCUT2D eigenvalue weighted by Crippen LogP contribution is -2.47. The molecular weight excluding hydrogens is 410 g/mol. The number of Topliss-reactive ketones (excluding diaryl/α,β-unsaturated/α-hetero) is 1. The van der Waals surface area contributed by atoms with Gasteiger partial charge in [-0.3, -0.25) is 9.69 Å². The van der Waals surface area contributed by atoms with Crippen molar-refractivity contribution in [2.75, 3.05) is 10.2 Å². The molecule has 1 aliphatic heterocycles. The lowest BCUT2D eigenvalue weighted by Gasteiger charge is -2.37. The number of ketones is 1. The van der Waals surface area contributed by atoms with Crippen LogP contribution in [0, 0.1) is 12.3 Å². The smallest absolute Gasteiger partial charge is 0.323 e. The Hall–Kier alpha value is -3.08. The van der Waals surface area contributed by atoms with E-state index >= 15 is 0 Å². The lowest BCUT2D eigenvalue weighted by atomic mass is 9.73. The van der Waals surface area contributed by atoms with Crippen molar-refractivity contribution in [2.24, 2.45) is 5.41 Å². The number of carbonyl (C=O) groups is 2. The molecule has 1 unspecified atom stereocenters. The second kappa shape index (κ2) is 8.36. The van der Waals surface area contributed by atoms with E-state index in [-0.39, 0.29) is 23.3 Å². The Kier molecular flexibility index (Phi) is 5.51. The van der Waals surface area contributed by atoms with E-state index in [1.54, 1.807) is 0 Å². The van der Waals surface area contributed by atoms with Gasteiger partial charge in [-0.15, -0.1) is 0 Å². The maximum Gasteiger partial charge on any atom is 0.323 e. The molecule has 3 aliphatic rings. The molecule has 0 spiro atoms. The van der Waals surface area contributed by atoms with E-state index in [4.69, 9.17) is 0 Å². The first-order valence-electron chi connectivity index (χ1n) is 12.1. The molecule has 2 aromatic rings. The van der Waals surface area contributed by atoms with Crippen LogP contribution in [0.4, 0.5) is 16.2 Å². The highest BCUT2D eigenvalue weighted by atomic mass is 16.2. The summed E-state index contributed by atoms with van der Waals surface area (Å²) in [5.74, 6) is 0.116. The molecular formula is C28H33N3O2. The highest BCUT2D eigenvalue weighted by molar-refractivity contribution is 6.06. The van der Waals surface area contributed by atoms with Crippen LogP contribution in [0.3, 0.4) is 0 Å². The van der Waals surface area contributed by atoms with Crippen LogP contribution in [0.2, 0.25) is 0 Å². The molecule has 1 heterocycles. The first-order valence-corrected chi connectivity index (χ1v) is 12.1. The number of nitrogens with one attached hydrogen (secondary N) is 2. The third-order valence-electron chi connectivity index (χ3n) is 7.20. The zero-order valence-electron chi connectivity index (χ0n) is 19.8. The Balaban J connectivity index is 1.69. The Labute approximate surface area is 196 Å². The molecule has 1 saturated carbocycles. The summed E-state index contributed by atoms with van der Waals surface area (Å²) in [6, 6.07) is 15.7. The van der Waals surface area contributed by atoms with Crippen LogP contribution in [0.25, 0.3) is 0 Å². The van der Waals surface area contributed by atoms with Crippen molar-refractivity contribution < 1.29 is 9.59 Å². The number of fused-ring (bicyclic) bond motifs is 1. The Morgan fingerprint density at radius 3 is 2.45 bits per heavy atom. The molecule has 5 rings (SSSR count). The minimum Gasteiger partial charge on any atom is -0.357 e. The Morgan fingerprint density at radius 1 is 1.03 bits per heavy atom. The van der Waals surface area contributed by atoms with Gasteiger partial charge in [0, 0.05) is 23.7 Å². The van der Waals surface area contributed by atoms with Crippen molar-refractivity contribution in [3.05, 3.63) is 70.9 Å². The second-order valence-corrected chi connectivity index (χ2v) is 10.6. The summed E-state index contributed by atoms with van der Waals surface area (Å²) in [7, 11) is 0. The molecule has 1 fully saturated rings. The van der Waals surface area contributed by atoms with Crippen molar-refractivity contribution in [1.82, 2.24) is 5.32 Å². The normalized spacial score (nSPS) is 22.3. The van der Waals surface area contributed by atoms with Gasteiger partial charge in [0.05, 0.1) is 17.4 Å². The van der Waals surface area contributed by atoms with Gasteiger partial charge in [0.25, 0.3) is 0 Å². The molecule has 0 radical (unpaired) electrons. The van der Waals surface area contributed by atoms with Crippen molar-refractivity contribution in [1.29, 1.82) is 0 Å². The average Bonchev–Trinajstić information content (AvgIpc) is 3.21. The third-order valence-corrected chi connectivity index (χ3v) is 7.20. The highest BCUT2D eigenvalue weighted by Crippen LogP contribution is 2.48. The molecule has 33 heavy (non-hydrogen) atoms. The number of hydrogen-bond acceptors (Lipinski definition) is 3. The largest absolute Gasteiger partial charge is 0.357 e. The third kappa shape index (κ3) is 4.17. The standard InChI is InChI=1S/C28H33N3O2/c1-18-12-14-19(15-13-18)26-25-22(16-28(2,3)17-24(25)32)30-21-10-6-7-11-23(21)31(26)27(33)29-20-8-4-5-9-20/h6-7,10-15,20,26,30H,4-5,8-9,16-17H2,1-3H3,(H,29,33).